The van der Waals surface area contributed by atoms with Crippen LogP contribution in [-0.4, -0.2) is 50.7 Å². The van der Waals surface area contributed by atoms with Gasteiger partial charge in [-0.05, 0) is 25.0 Å². The molecule has 0 spiro atoms. The van der Waals surface area contributed by atoms with Gasteiger partial charge in [0.1, 0.15) is 11.8 Å². The van der Waals surface area contributed by atoms with Crippen LogP contribution in [0.4, 0.5) is 11.5 Å². The van der Waals surface area contributed by atoms with Crippen LogP contribution in [0.1, 0.15) is 17.0 Å². The van der Waals surface area contributed by atoms with Crippen molar-refractivity contribution in [3.8, 4) is 17.4 Å². The Bertz CT molecular complexity index is 1010. The van der Waals surface area contributed by atoms with E-state index in [2.05, 4.69) is 25.0 Å². The molecule has 0 aromatic carbocycles. The van der Waals surface area contributed by atoms with E-state index in [1.807, 2.05) is 6.07 Å². The largest absolute Gasteiger partial charge is 0.467 e. The lowest BCUT2D eigenvalue weighted by Gasteiger charge is -2.32. The molecule has 3 aromatic rings. The van der Waals surface area contributed by atoms with Gasteiger partial charge in [0.2, 0.25) is 0 Å². The maximum Gasteiger partial charge on any atom is 0.316 e. The Morgan fingerprint density at radius 3 is 3.16 bits per heavy atom. The number of hydrogen-bond donors (Lipinski definition) is 2. The van der Waals surface area contributed by atoms with Crippen LogP contribution in [0.5, 0.6) is 6.01 Å². The van der Waals surface area contributed by atoms with Crippen molar-refractivity contribution in [3.05, 3.63) is 24.7 Å². The second kappa shape index (κ2) is 6.17. The molecule has 1 saturated heterocycles. The van der Waals surface area contributed by atoms with Gasteiger partial charge < -0.3 is 21.1 Å². The Balaban J connectivity index is 1.82. The predicted molar refractivity (Wildman–Crippen MR) is 94.4 cm³/mol. The third-order valence-corrected chi connectivity index (χ3v) is 4.35. The molecule has 0 amide bonds. The molecule has 9 nitrogen and oxygen atoms in total. The van der Waals surface area contributed by atoms with Gasteiger partial charge in [-0.15, -0.1) is 0 Å². The minimum absolute atomic E-state index is 0.0799. The summed E-state index contributed by atoms with van der Waals surface area (Å²) in [6.45, 7) is 1.54. The number of nitrogens with two attached hydrogens (primary N) is 2. The van der Waals surface area contributed by atoms with E-state index < -0.39 is 7.04 Å². The zero-order valence-corrected chi connectivity index (χ0v) is 13.5. The van der Waals surface area contributed by atoms with Crippen LogP contribution in [0, 0.1) is 0 Å². The molecule has 1 atom stereocenters. The summed E-state index contributed by atoms with van der Waals surface area (Å²) in [6, 6.07) is 3.39. The Morgan fingerprint density at radius 2 is 2.32 bits per heavy atom. The fraction of sp³-hybridized carbons (Fsp3) is 0.375. The summed E-state index contributed by atoms with van der Waals surface area (Å²) in [5.41, 5.74) is 14.9. The van der Waals surface area contributed by atoms with Crippen molar-refractivity contribution in [2.75, 3.05) is 30.8 Å². The van der Waals surface area contributed by atoms with Gasteiger partial charge in [-0.3, -0.25) is 0 Å². The zero-order chi connectivity index (χ0) is 19.9. The van der Waals surface area contributed by atoms with Crippen LogP contribution in [0.2, 0.25) is 0 Å². The Labute approximate surface area is 148 Å². The van der Waals surface area contributed by atoms with E-state index in [4.69, 9.17) is 20.3 Å². The number of nitrogen functional groups attached to an aromatic ring is 1. The first kappa shape index (κ1) is 12.4. The maximum absolute atomic E-state index is 7.23. The molecule has 25 heavy (non-hydrogen) atoms. The molecular weight excluding hydrogens is 320 g/mol. The fourth-order valence-electron chi connectivity index (χ4n) is 3.23. The van der Waals surface area contributed by atoms with E-state index in [0.29, 0.717) is 29.3 Å². The molecule has 4 rings (SSSR count). The van der Waals surface area contributed by atoms with E-state index in [1.165, 1.54) is 12.5 Å². The topological polar surface area (TPSA) is 120 Å². The van der Waals surface area contributed by atoms with Gasteiger partial charge in [0.05, 0.1) is 28.2 Å². The molecule has 4 N–H and O–H groups in total. The van der Waals surface area contributed by atoms with Gasteiger partial charge in [0, 0.05) is 25.3 Å². The number of anilines is 2. The van der Waals surface area contributed by atoms with Crippen molar-refractivity contribution in [1.82, 2.24) is 24.6 Å². The van der Waals surface area contributed by atoms with Crippen molar-refractivity contribution in [3.63, 3.8) is 0 Å². The third kappa shape index (κ3) is 2.72. The molecular formula is C16H20N8O. The highest BCUT2D eigenvalue weighted by molar-refractivity contribution is 5.88. The lowest BCUT2D eigenvalue weighted by atomic mass is 10.1. The Hall–Kier alpha value is -2.94. The summed E-state index contributed by atoms with van der Waals surface area (Å²) >= 11 is 0. The molecule has 1 aliphatic rings. The SMILES string of the molecule is [2H]C([2H])([2H])Oc1nccc(-c2cc(N3CCC[C@@H](N)C3)c3c(N)ncnn23)n1. The monoisotopic (exact) mass is 343 g/mol. The number of fused-ring (bicyclic) bond motifs is 1. The van der Waals surface area contributed by atoms with Crippen molar-refractivity contribution in [2.45, 2.75) is 18.9 Å². The molecule has 0 radical (unpaired) electrons. The van der Waals surface area contributed by atoms with Gasteiger partial charge in [0.25, 0.3) is 0 Å². The summed E-state index contributed by atoms with van der Waals surface area (Å²) in [5, 5.41) is 4.31. The quantitative estimate of drug-likeness (QED) is 0.713. The molecule has 0 bridgehead atoms. The number of aromatic nitrogens is 5. The van der Waals surface area contributed by atoms with Crippen LogP contribution in [0.25, 0.3) is 16.9 Å². The van der Waals surface area contributed by atoms with Gasteiger partial charge in [-0.2, -0.15) is 10.1 Å². The Morgan fingerprint density at radius 1 is 1.40 bits per heavy atom. The van der Waals surface area contributed by atoms with Crippen molar-refractivity contribution >= 4 is 17.0 Å². The van der Waals surface area contributed by atoms with Gasteiger partial charge >= 0.3 is 6.01 Å². The third-order valence-electron chi connectivity index (χ3n) is 4.35. The van der Waals surface area contributed by atoms with Gasteiger partial charge in [-0.1, -0.05) is 0 Å². The average Bonchev–Trinajstić information content (AvgIpc) is 3.02. The molecule has 3 aromatic heterocycles. The van der Waals surface area contributed by atoms with Crippen molar-refractivity contribution < 1.29 is 8.85 Å². The van der Waals surface area contributed by atoms with Crippen molar-refractivity contribution in [1.29, 1.82) is 0 Å². The fourth-order valence-corrected chi connectivity index (χ4v) is 3.23. The number of ether oxygens (including phenoxy) is 1. The molecule has 9 heteroatoms. The van der Waals surface area contributed by atoms with Gasteiger partial charge in [0.15, 0.2) is 5.82 Å². The summed E-state index contributed by atoms with van der Waals surface area (Å²) in [7, 11) is -2.64. The number of hydrogen-bond acceptors (Lipinski definition) is 8. The lowest BCUT2D eigenvalue weighted by Crippen LogP contribution is -2.42. The highest BCUT2D eigenvalue weighted by Gasteiger charge is 2.24. The molecule has 0 saturated carbocycles. The van der Waals surface area contributed by atoms with E-state index in [1.54, 1.807) is 10.6 Å². The van der Waals surface area contributed by atoms with Crippen molar-refractivity contribution in [2.24, 2.45) is 5.73 Å². The van der Waals surface area contributed by atoms with Crippen LogP contribution < -0.4 is 21.1 Å². The first-order valence-corrected chi connectivity index (χ1v) is 7.97. The predicted octanol–water partition coefficient (Wildman–Crippen LogP) is 0.705. The maximum atomic E-state index is 7.23. The summed E-state index contributed by atoms with van der Waals surface area (Å²) in [5.74, 6) is 0.336. The first-order chi connectivity index (χ1) is 13.3. The summed E-state index contributed by atoms with van der Waals surface area (Å²) in [4.78, 5) is 14.4. The smallest absolute Gasteiger partial charge is 0.316 e. The second-order valence-electron chi connectivity index (χ2n) is 6.00. The van der Waals surface area contributed by atoms with Crippen LogP contribution >= 0.6 is 0 Å². The molecule has 130 valence electrons. The number of rotatable bonds is 3. The molecule has 4 heterocycles. The average molecular weight is 343 g/mol. The molecule has 0 aliphatic carbocycles. The second-order valence-corrected chi connectivity index (χ2v) is 6.00. The molecule has 1 fully saturated rings. The first-order valence-electron chi connectivity index (χ1n) is 9.47. The normalized spacial score (nSPS) is 20.1. The highest BCUT2D eigenvalue weighted by atomic mass is 16.5. The minimum atomic E-state index is -2.64. The zero-order valence-electron chi connectivity index (χ0n) is 16.5. The number of nitrogens with zero attached hydrogens (tertiary/aromatic N) is 6. The molecule has 1 aliphatic heterocycles. The van der Waals surface area contributed by atoms with E-state index >= 15 is 0 Å². The van der Waals surface area contributed by atoms with E-state index in [0.717, 1.165) is 25.1 Å². The highest BCUT2D eigenvalue weighted by Crippen LogP contribution is 2.34. The number of piperidine rings is 1. The minimum Gasteiger partial charge on any atom is -0.467 e. The summed E-state index contributed by atoms with van der Waals surface area (Å²) < 4.78 is 28.2. The van der Waals surface area contributed by atoms with Crippen LogP contribution in [-0.2, 0) is 0 Å². The Kier molecular flexibility index (Phi) is 3.07. The summed E-state index contributed by atoms with van der Waals surface area (Å²) in [6.07, 6.45) is 4.75. The molecule has 0 unspecified atom stereocenters. The lowest BCUT2D eigenvalue weighted by molar-refractivity contribution is 0.380. The van der Waals surface area contributed by atoms with Gasteiger partial charge in [-0.25, -0.2) is 14.5 Å². The van der Waals surface area contributed by atoms with Crippen LogP contribution in [0.15, 0.2) is 24.7 Å². The number of methoxy groups -OCH3 is 1. The van der Waals surface area contributed by atoms with E-state index in [9.17, 15) is 0 Å². The standard InChI is InChI=1S/C16H20N8O/c1-25-16-19-5-4-11(22-16)12-7-13(23-6-2-3-10(17)8-23)14-15(18)20-9-21-24(12)14/h4-5,7,9-10H,2-3,6,8,17H2,1H3,(H2,18,20,21)/t10-/m1/s1/i1D3. The van der Waals surface area contributed by atoms with Crippen LogP contribution in [0.3, 0.4) is 0 Å². The van der Waals surface area contributed by atoms with E-state index in [-0.39, 0.29) is 12.1 Å².